The van der Waals surface area contributed by atoms with Gasteiger partial charge >= 0.3 is 0 Å². The van der Waals surface area contributed by atoms with Crippen molar-refractivity contribution < 1.29 is 4.39 Å². The lowest BCUT2D eigenvalue weighted by Gasteiger charge is -2.12. The summed E-state index contributed by atoms with van der Waals surface area (Å²) >= 11 is 5.98. The fourth-order valence-corrected chi connectivity index (χ4v) is 1.86. The molecule has 0 saturated carbocycles. The van der Waals surface area contributed by atoms with E-state index < -0.39 is 0 Å². The Hall–Kier alpha value is -1.74. The number of aryl methyl sites for hydroxylation is 2. The second-order valence-electron chi connectivity index (χ2n) is 4.28. The lowest BCUT2D eigenvalue weighted by Crippen LogP contribution is -1.98. The van der Waals surface area contributed by atoms with Crippen LogP contribution >= 0.6 is 11.6 Å². The van der Waals surface area contributed by atoms with Crippen molar-refractivity contribution in [3.8, 4) is 0 Å². The Morgan fingerprint density at radius 1 is 1.11 bits per heavy atom. The second-order valence-corrected chi connectivity index (χ2v) is 4.68. The summed E-state index contributed by atoms with van der Waals surface area (Å²) in [6.45, 7) is 3.62. The van der Waals surface area contributed by atoms with E-state index in [-0.39, 0.29) is 5.82 Å². The van der Waals surface area contributed by atoms with Crippen molar-refractivity contribution >= 4 is 28.7 Å². The minimum atomic E-state index is -0.221. The zero-order chi connectivity index (χ0) is 13.3. The lowest BCUT2D eigenvalue weighted by molar-refractivity contribution is 0.619. The molecule has 0 fully saturated rings. The number of nitrogens with two attached hydrogens (primary N) is 1. The molecule has 0 bridgehead atoms. The topological polar surface area (TPSA) is 38.0 Å². The van der Waals surface area contributed by atoms with Crippen molar-refractivity contribution in [1.82, 2.24) is 0 Å². The number of benzene rings is 2. The van der Waals surface area contributed by atoms with E-state index in [1.54, 1.807) is 25.1 Å². The molecule has 2 rings (SSSR count). The van der Waals surface area contributed by atoms with Crippen LogP contribution in [0.5, 0.6) is 0 Å². The zero-order valence-electron chi connectivity index (χ0n) is 10.2. The molecule has 18 heavy (non-hydrogen) atoms. The molecule has 0 heterocycles. The minimum absolute atomic E-state index is 0.221. The Bertz CT molecular complexity index is 597. The van der Waals surface area contributed by atoms with Crippen LogP contribution in [-0.2, 0) is 0 Å². The maximum Gasteiger partial charge on any atom is 0.126 e. The molecule has 0 atom stereocenters. The third kappa shape index (κ3) is 2.57. The lowest BCUT2D eigenvalue weighted by atomic mass is 10.1. The first-order valence-corrected chi connectivity index (χ1v) is 5.94. The van der Waals surface area contributed by atoms with E-state index in [1.165, 1.54) is 6.07 Å². The van der Waals surface area contributed by atoms with Gasteiger partial charge in [-0.1, -0.05) is 11.6 Å². The van der Waals surface area contributed by atoms with Crippen molar-refractivity contribution in [1.29, 1.82) is 0 Å². The summed E-state index contributed by atoms with van der Waals surface area (Å²) < 4.78 is 13.2. The third-order valence-corrected chi connectivity index (χ3v) is 3.17. The average molecular weight is 265 g/mol. The molecule has 0 radical (unpaired) electrons. The average Bonchev–Trinajstić information content (AvgIpc) is 2.31. The van der Waals surface area contributed by atoms with E-state index >= 15 is 0 Å². The predicted octanol–water partition coefficient (Wildman–Crippen LogP) is 4.42. The molecule has 3 N–H and O–H groups in total. The Morgan fingerprint density at radius 3 is 2.50 bits per heavy atom. The molecule has 0 spiro atoms. The van der Waals surface area contributed by atoms with Gasteiger partial charge in [0.05, 0.1) is 11.4 Å². The molecule has 0 saturated heterocycles. The fourth-order valence-electron chi connectivity index (χ4n) is 1.68. The van der Waals surface area contributed by atoms with Crippen LogP contribution in [0.4, 0.5) is 21.5 Å². The van der Waals surface area contributed by atoms with Crippen LogP contribution in [0, 0.1) is 19.7 Å². The van der Waals surface area contributed by atoms with Crippen LogP contribution in [0.3, 0.4) is 0 Å². The quantitative estimate of drug-likeness (QED) is 0.788. The first kappa shape index (κ1) is 12.7. The van der Waals surface area contributed by atoms with Crippen LogP contribution < -0.4 is 11.1 Å². The molecule has 2 nitrogen and oxygen atoms in total. The van der Waals surface area contributed by atoms with Gasteiger partial charge in [0.25, 0.3) is 0 Å². The maximum absolute atomic E-state index is 13.2. The highest BCUT2D eigenvalue weighted by Gasteiger charge is 2.05. The Labute approximate surface area is 111 Å². The SMILES string of the molecule is Cc1cc(Nc2cc(C)c(Cl)cc2N)ccc1F. The van der Waals surface area contributed by atoms with E-state index in [0.29, 0.717) is 16.3 Å². The van der Waals surface area contributed by atoms with Gasteiger partial charge in [-0.25, -0.2) is 4.39 Å². The number of hydrogen-bond donors (Lipinski definition) is 2. The fraction of sp³-hybridized carbons (Fsp3) is 0.143. The Balaban J connectivity index is 2.34. The number of nitrogens with one attached hydrogen (secondary N) is 1. The monoisotopic (exact) mass is 264 g/mol. The van der Waals surface area contributed by atoms with Gasteiger partial charge in [-0.05, 0) is 55.3 Å². The molecule has 2 aromatic carbocycles. The highest BCUT2D eigenvalue weighted by atomic mass is 35.5. The minimum Gasteiger partial charge on any atom is -0.397 e. The summed E-state index contributed by atoms with van der Waals surface area (Å²) in [6.07, 6.45) is 0. The van der Waals surface area contributed by atoms with Gasteiger partial charge in [-0.3, -0.25) is 0 Å². The van der Waals surface area contributed by atoms with E-state index in [1.807, 2.05) is 13.0 Å². The number of anilines is 3. The number of rotatable bonds is 2. The van der Waals surface area contributed by atoms with Gasteiger partial charge in [-0.15, -0.1) is 0 Å². The molecular formula is C14H14ClFN2. The standard InChI is InChI=1S/C14H14ClFN2/c1-8-6-14(13(17)7-11(8)15)18-10-3-4-12(16)9(2)5-10/h3-7,18H,17H2,1-2H3. The second kappa shape index (κ2) is 4.86. The third-order valence-electron chi connectivity index (χ3n) is 2.77. The van der Waals surface area contributed by atoms with Gasteiger partial charge < -0.3 is 11.1 Å². The van der Waals surface area contributed by atoms with E-state index in [2.05, 4.69) is 5.32 Å². The molecule has 0 unspecified atom stereocenters. The van der Waals surface area contributed by atoms with Crippen LogP contribution in [0.15, 0.2) is 30.3 Å². The molecule has 2 aromatic rings. The van der Waals surface area contributed by atoms with Crippen molar-refractivity contribution in [3.63, 3.8) is 0 Å². The first-order chi connectivity index (χ1) is 8.47. The number of halogens is 2. The highest BCUT2D eigenvalue weighted by Crippen LogP contribution is 2.29. The Morgan fingerprint density at radius 2 is 1.83 bits per heavy atom. The normalized spacial score (nSPS) is 10.4. The summed E-state index contributed by atoms with van der Waals surface area (Å²) in [7, 11) is 0. The van der Waals surface area contributed by atoms with Crippen LogP contribution in [0.2, 0.25) is 5.02 Å². The predicted molar refractivity (Wildman–Crippen MR) is 75.0 cm³/mol. The molecule has 4 heteroatoms. The summed E-state index contributed by atoms with van der Waals surface area (Å²) in [5.41, 5.74) is 9.53. The summed E-state index contributed by atoms with van der Waals surface area (Å²) in [4.78, 5) is 0. The molecule has 0 aliphatic rings. The first-order valence-electron chi connectivity index (χ1n) is 5.56. The molecule has 94 valence electrons. The van der Waals surface area contributed by atoms with E-state index in [0.717, 1.165) is 16.9 Å². The largest absolute Gasteiger partial charge is 0.397 e. The van der Waals surface area contributed by atoms with Gasteiger partial charge in [-0.2, -0.15) is 0 Å². The van der Waals surface area contributed by atoms with Crippen LogP contribution in [-0.4, -0.2) is 0 Å². The maximum atomic E-state index is 13.2. The molecule has 0 aromatic heterocycles. The molecular weight excluding hydrogens is 251 g/mol. The van der Waals surface area contributed by atoms with Gasteiger partial charge in [0.2, 0.25) is 0 Å². The van der Waals surface area contributed by atoms with E-state index in [4.69, 9.17) is 17.3 Å². The van der Waals surface area contributed by atoms with Crippen LogP contribution in [0.25, 0.3) is 0 Å². The van der Waals surface area contributed by atoms with Gasteiger partial charge in [0.15, 0.2) is 0 Å². The van der Waals surface area contributed by atoms with Crippen molar-refractivity contribution in [3.05, 3.63) is 52.3 Å². The van der Waals surface area contributed by atoms with Gasteiger partial charge in [0, 0.05) is 10.7 Å². The van der Waals surface area contributed by atoms with Crippen molar-refractivity contribution in [2.24, 2.45) is 0 Å². The molecule has 0 amide bonds. The smallest absolute Gasteiger partial charge is 0.126 e. The summed E-state index contributed by atoms with van der Waals surface area (Å²) in [5.74, 6) is -0.221. The molecule has 0 aliphatic carbocycles. The summed E-state index contributed by atoms with van der Waals surface area (Å²) in [6, 6.07) is 8.41. The number of nitrogen functional groups attached to an aromatic ring is 1. The van der Waals surface area contributed by atoms with Crippen molar-refractivity contribution in [2.45, 2.75) is 13.8 Å². The van der Waals surface area contributed by atoms with E-state index in [9.17, 15) is 4.39 Å². The summed E-state index contributed by atoms with van der Waals surface area (Å²) in [5, 5.41) is 3.79. The zero-order valence-corrected chi connectivity index (χ0v) is 11.0. The van der Waals surface area contributed by atoms with Crippen LogP contribution in [0.1, 0.15) is 11.1 Å². The Kier molecular flexibility index (Phi) is 3.43. The van der Waals surface area contributed by atoms with Gasteiger partial charge in [0.1, 0.15) is 5.82 Å². The van der Waals surface area contributed by atoms with Crippen molar-refractivity contribution in [2.75, 3.05) is 11.1 Å². The highest BCUT2D eigenvalue weighted by molar-refractivity contribution is 6.31. The number of hydrogen-bond acceptors (Lipinski definition) is 2. The molecule has 0 aliphatic heterocycles.